The van der Waals surface area contributed by atoms with Crippen molar-refractivity contribution in [1.29, 1.82) is 0 Å². The fourth-order valence-corrected chi connectivity index (χ4v) is 5.79. The molecule has 4 aromatic heterocycles. The summed E-state index contributed by atoms with van der Waals surface area (Å²) >= 11 is 0. The fraction of sp³-hybridized carbons (Fsp3) is 0.226. The van der Waals surface area contributed by atoms with Crippen molar-refractivity contribution < 1.29 is 9.18 Å². The molecule has 2 aliphatic carbocycles. The summed E-state index contributed by atoms with van der Waals surface area (Å²) < 4.78 is 13.9. The number of carbonyl (C=O) groups is 1. The number of carbonyl (C=O) groups excluding carboxylic acids is 1. The first-order valence-corrected chi connectivity index (χ1v) is 13.6. The molecule has 5 N–H and O–H groups in total. The second kappa shape index (κ2) is 9.84. The van der Waals surface area contributed by atoms with Gasteiger partial charge in [-0.25, -0.2) is 9.37 Å². The van der Waals surface area contributed by atoms with Crippen LogP contribution in [0.4, 0.5) is 4.39 Å². The molecule has 2 aliphatic rings. The van der Waals surface area contributed by atoms with Gasteiger partial charge in [-0.3, -0.25) is 14.9 Å². The predicted molar refractivity (Wildman–Crippen MR) is 153 cm³/mol. The van der Waals surface area contributed by atoms with E-state index in [1.807, 2.05) is 30.3 Å². The second-order valence-corrected chi connectivity index (χ2v) is 10.6. The van der Waals surface area contributed by atoms with E-state index in [2.05, 4.69) is 36.5 Å². The maximum atomic E-state index is 13.9. The lowest BCUT2D eigenvalue weighted by Gasteiger charge is -2.22. The second-order valence-electron chi connectivity index (χ2n) is 10.6. The molecule has 0 bridgehead atoms. The first-order valence-electron chi connectivity index (χ1n) is 13.6. The lowest BCUT2D eigenvalue weighted by Crippen LogP contribution is -2.38. The van der Waals surface area contributed by atoms with Crippen LogP contribution in [0.2, 0.25) is 0 Å². The molecule has 1 unspecified atom stereocenters. The zero-order valence-electron chi connectivity index (χ0n) is 21.7. The van der Waals surface area contributed by atoms with Crippen molar-refractivity contribution in [3.63, 3.8) is 0 Å². The van der Waals surface area contributed by atoms with Crippen LogP contribution >= 0.6 is 0 Å². The summed E-state index contributed by atoms with van der Waals surface area (Å²) in [6, 6.07) is 12.1. The number of amides is 1. The summed E-state index contributed by atoms with van der Waals surface area (Å²) in [7, 11) is 0. The number of H-pyrrole nitrogens is 2. The number of allylic oxidation sites excluding steroid dienone is 2. The number of nitrogens with one attached hydrogen (secondary N) is 3. The zero-order valence-corrected chi connectivity index (χ0v) is 21.7. The Hall–Kier alpha value is -4.63. The van der Waals surface area contributed by atoms with Crippen molar-refractivity contribution in [2.24, 2.45) is 11.7 Å². The molecule has 200 valence electrons. The topological polar surface area (TPSA) is 125 Å². The van der Waals surface area contributed by atoms with Gasteiger partial charge in [-0.15, -0.1) is 0 Å². The molecule has 7 rings (SSSR count). The first-order chi connectivity index (χ1) is 19.5. The number of nitrogens with two attached hydrogens (primary N) is 1. The van der Waals surface area contributed by atoms with Crippen LogP contribution in [0.25, 0.3) is 50.2 Å². The summed E-state index contributed by atoms with van der Waals surface area (Å²) in [6.45, 7) is 0. The summed E-state index contributed by atoms with van der Waals surface area (Å²) in [4.78, 5) is 25.4. The number of nitrogens with zero attached hydrogens (tertiary/aromatic N) is 3. The van der Waals surface area contributed by atoms with Crippen molar-refractivity contribution in [2.45, 2.75) is 38.1 Å². The van der Waals surface area contributed by atoms with Gasteiger partial charge in [0.1, 0.15) is 5.82 Å². The average molecular weight is 534 g/mol. The molecule has 1 fully saturated rings. The minimum atomic E-state index is -0.307. The van der Waals surface area contributed by atoms with Gasteiger partial charge in [0.2, 0.25) is 5.91 Å². The quantitative estimate of drug-likeness (QED) is 0.234. The highest BCUT2D eigenvalue weighted by atomic mass is 19.1. The highest BCUT2D eigenvalue weighted by Gasteiger charge is 2.25. The van der Waals surface area contributed by atoms with E-state index in [1.165, 1.54) is 12.1 Å². The highest BCUT2D eigenvalue weighted by molar-refractivity contribution is 6.00. The van der Waals surface area contributed by atoms with Gasteiger partial charge in [0.15, 0.2) is 5.65 Å². The lowest BCUT2D eigenvalue weighted by atomic mass is 9.94. The third-order valence-electron chi connectivity index (χ3n) is 7.95. The molecule has 0 saturated heterocycles. The monoisotopic (exact) mass is 533 g/mol. The minimum absolute atomic E-state index is 0.0667. The third kappa shape index (κ3) is 4.38. The van der Waals surface area contributed by atoms with Crippen LogP contribution in [-0.2, 0) is 4.79 Å². The van der Waals surface area contributed by atoms with Gasteiger partial charge in [0.05, 0.1) is 17.1 Å². The van der Waals surface area contributed by atoms with Crippen LogP contribution in [-0.4, -0.2) is 37.1 Å². The van der Waals surface area contributed by atoms with Crippen LogP contribution < -0.4 is 11.1 Å². The smallest absolute Gasteiger partial charge is 0.227 e. The Bertz CT molecular complexity index is 1830. The molecule has 4 heterocycles. The number of fused-ring (bicyclic) bond motifs is 2. The lowest BCUT2D eigenvalue weighted by molar-refractivity contribution is -0.124. The fourth-order valence-electron chi connectivity index (χ4n) is 5.79. The number of aromatic amines is 2. The summed E-state index contributed by atoms with van der Waals surface area (Å²) in [6.07, 6.45) is 12.3. The molecule has 1 aromatic carbocycles. The number of halogens is 1. The molecule has 0 spiro atoms. The van der Waals surface area contributed by atoms with Gasteiger partial charge in [0, 0.05) is 57.5 Å². The average Bonchev–Trinajstić information content (AvgIpc) is 3.73. The van der Waals surface area contributed by atoms with E-state index in [9.17, 15) is 9.18 Å². The number of rotatable bonds is 5. The number of benzene rings is 1. The van der Waals surface area contributed by atoms with Gasteiger partial charge in [-0.05, 0) is 61.2 Å². The molecule has 9 heteroatoms. The van der Waals surface area contributed by atoms with Crippen molar-refractivity contribution in [2.75, 3.05) is 0 Å². The molecule has 8 nitrogen and oxygen atoms in total. The standard InChI is InChI=1S/C31H28FN7O/c32-21-7-3-6-19(12-21)28-22-15-27(36-25(22)10-11-34-28)29-23-13-20(16-35-30(23)39-38-29)18-8-9-24(33)26(14-18)37-31(40)17-4-1-2-5-17/h3,6-8,10-17,24,36H,1-2,4-5,9,33H2,(H,37,40)(H,35,38,39). The van der Waals surface area contributed by atoms with Gasteiger partial charge in [-0.1, -0.05) is 31.1 Å². The summed E-state index contributed by atoms with van der Waals surface area (Å²) in [5.74, 6) is -0.169. The predicted octanol–water partition coefficient (Wildman–Crippen LogP) is 5.61. The minimum Gasteiger partial charge on any atom is -0.353 e. The first kappa shape index (κ1) is 24.4. The van der Waals surface area contributed by atoms with Gasteiger partial charge in [-0.2, -0.15) is 5.10 Å². The SMILES string of the molecule is NC1CC=C(c2cnc3n[nH]c(-c4cc5c(-c6cccc(F)c6)nccc5[nH]4)c3c2)C=C1NC(=O)C1CCCC1. The summed E-state index contributed by atoms with van der Waals surface area (Å²) in [5, 5.41) is 12.4. The van der Waals surface area contributed by atoms with Crippen molar-refractivity contribution >= 4 is 33.4 Å². The van der Waals surface area contributed by atoms with Gasteiger partial charge >= 0.3 is 0 Å². The van der Waals surface area contributed by atoms with E-state index in [0.29, 0.717) is 23.3 Å². The van der Waals surface area contributed by atoms with Crippen molar-refractivity contribution in [3.05, 3.63) is 84.1 Å². The Morgan fingerprint density at radius 2 is 1.93 bits per heavy atom. The van der Waals surface area contributed by atoms with E-state index in [4.69, 9.17) is 5.73 Å². The Morgan fingerprint density at radius 1 is 1.05 bits per heavy atom. The van der Waals surface area contributed by atoms with Crippen LogP contribution in [0.3, 0.4) is 0 Å². The Balaban J connectivity index is 1.24. The zero-order chi connectivity index (χ0) is 27.2. The maximum absolute atomic E-state index is 13.9. The maximum Gasteiger partial charge on any atom is 0.227 e. The molecular formula is C31H28FN7O. The number of hydrogen-bond acceptors (Lipinski definition) is 5. The van der Waals surface area contributed by atoms with Gasteiger partial charge in [0.25, 0.3) is 0 Å². The third-order valence-corrected chi connectivity index (χ3v) is 7.95. The Labute approximate surface area is 229 Å². The summed E-state index contributed by atoms with van der Waals surface area (Å²) in [5.41, 5.74) is 13.5. The largest absolute Gasteiger partial charge is 0.353 e. The van der Waals surface area contributed by atoms with Crippen LogP contribution in [0.5, 0.6) is 0 Å². The molecular weight excluding hydrogens is 505 g/mol. The molecule has 1 saturated carbocycles. The van der Waals surface area contributed by atoms with Crippen molar-refractivity contribution in [3.8, 4) is 22.6 Å². The molecule has 5 aromatic rings. The molecule has 1 amide bonds. The van der Waals surface area contributed by atoms with E-state index in [0.717, 1.165) is 70.2 Å². The normalized spacial score (nSPS) is 17.8. The van der Waals surface area contributed by atoms with E-state index >= 15 is 0 Å². The van der Waals surface area contributed by atoms with E-state index in [1.54, 1.807) is 18.5 Å². The number of pyridine rings is 2. The van der Waals surface area contributed by atoms with E-state index in [-0.39, 0.29) is 23.7 Å². The molecule has 1 atom stereocenters. The molecule has 0 radical (unpaired) electrons. The van der Waals surface area contributed by atoms with E-state index < -0.39 is 0 Å². The highest BCUT2D eigenvalue weighted by Crippen LogP contribution is 2.34. The van der Waals surface area contributed by atoms with Crippen LogP contribution in [0, 0.1) is 11.7 Å². The molecule has 0 aliphatic heterocycles. The number of hydrogen-bond donors (Lipinski definition) is 4. The van der Waals surface area contributed by atoms with Crippen LogP contribution in [0.1, 0.15) is 37.7 Å². The number of aromatic nitrogens is 5. The van der Waals surface area contributed by atoms with Gasteiger partial charge < -0.3 is 16.0 Å². The Morgan fingerprint density at radius 3 is 2.77 bits per heavy atom. The van der Waals surface area contributed by atoms with Crippen LogP contribution in [0.15, 0.2) is 72.7 Å². The van der Waals surface area contributed by atoms with Crippen molar-refractivity contribution in [1.82, 2.24) is 30.5 Å². The molecule has 40 heavy (non-hydrogen) atoms. The Kier molecular flexibility index (Phi) is 6.00.